The van der Waals surface area contributed by atoms with Crippen LogP contribution in [-0.2, 0) is 0 Å². The Labute approximate surface area is 110 Å². The number of carbonyl (C=O) groups excluding carboxylic acids is 1. The third-order valence-corrected chi connectivity index (χ3v) is 2.78. The third-order valence-electron chi connectivity index (χ3n) is 2.78. The number of aromatic hydroxyl groups is 2. The van der Waals surface area contributed by atoms with Gasteiger partial charge in [0.2, 0.25) is 0 Å². The first-order valence-corrected chi connectivity index (χ1v) is 5.67. The maximum absolute atomic E-state index is 12.0. The minimum atomic E-state index is -0.406. The Morgan fingerprint density at radius 3 is 2.53 bits per heavy atom. The van der Waals surface area contributed by atoms with Gasteiger partial charge in [-0.15, -0.1) is 0 Å². The van der Waals surface area contributed by atoms with Crippen LogP contribution in [0.15, 0.2) is 36.4 Å². The van der Waals surface area contributed by atoms with Gasteiger partial charge in [-0.05, 0) is 36.8 Å². The Kier molecular flexibility index (Phi) is 3.29. The van der Waals surface area contributed by atoms with E-state index in [9.17, 15) is 15.0 Å². The SMILES string of the molecule is Cc1cccc(N)c1NC(=O)c1ccc(O)c(O)c1. The highest BCUT2D eigenvalue weighted by Crippen LogP contribution is 2.27. The van der Waals surface area contributed by atoms with Crippen LogP contribution in [0.5, 0.6) is 11.5 Å². The van der Waals surface area contributed by atoms with Crippen LogP contribution in [0.2, 0.25) is 0 Å². The molecule has 5 nitrogen and oxygen atoms in total. The van der Waals surface area contributed by atoms with Crippen LogP contribution in [0, 0.1) is 6.92 Å². The van der Waals surface area contributed by atoms with E-state index in [1.165, 1.54) is 18.2 Å². The number of rotatable bonds is 2. The lowest BCUT2D eigenvalue weighted by atomic mass is 10.1. The number of benzene rings is 2. The fraction of sp³-hybridized carbons (Fsp3) is 0.0714. The topological polar surface area (TPSA) is 95.6 Å². The van der Waals surface area contributed by atoms with Gasteiger partial charge in [0.15, 0.2) is 11.5 Å². The number of hydrogen-bond acceptors (Lipinski definition) is 4. The molecule has 0 aliphatic rings. The summed E-state index contributed by atoms with van der Waals surface area (Å²) in [6.45, 7) is 1.83. The summed E-state index contributed by atoms with van der Waals surface area (Å²) in [5, 5.41) is 21.3. The normalized spacial score (nSPS) is 10.2. The number of phenolic OH excluding ortho intramolecular Hbond substituents is 2. The highest BCUT2D eigenvalue weighted by molar-refractivity contribution is 6.06. The second kappa shape index (κ2) is 4.89. The Morgan fingerprint density at radius 2 is 1.89 bits per heavy atom. The van der Waals surface area contributed by atoms with Gasteiger partial charge >= 0.3 is 0 Å². The number of para-hydroxylation sites is 1. The molecule has 0 radical (unpaired) electrons. The summed E-state index contributed by atoms with van der Waals surface area (Å²) < 4.78 is 0. The molecule has 1 amide bonds. The van der Waals surface area contributed by atoms with Gasteiger partial charge < -0.3 is 21.3 Å². The molecule has 0 bridgehead atoms. The van der Waals surface area contributed by atoms with Crippen molar-refractivity contribution in [2.24, 2.45) is 0 Å². The lowest BCUT2D eigenvalue weighted by molar-refractivity contribution is 0.102. The molecule has 0 fully saturated rings. The maximum Gasteiger partial charge on any atom is 0.255 e. The first-order chi connectivity index (χ1) is 8.99. The monoisotopic (exact) mass is 258 g/mol. The van der Waals surface area contributed by atoms with E-state index in [0.717, 1.165) is 5.56 Å². The Bertz CT molecular complexity index is 618. The number of anilines is 2. The predicted octanol–water partition coefficient (Wildman–Crippen LogP) is 2.24. The number of amides is 1. The fourth-order valence-electron chi connectivity index (χ4n) is 1.71. The number of aryl methyl sites for hydroxylation is 1. The van der Waals surface area contributed by atoms with Crippen molar-refractivity contribution >= 4 is 17.3 Å². The van der Waals surface area contributed by atoms with Crippen molar-refractivity contribution in [3.63, 3.8) is 0 Å². The van der Waals surface area contributed by atoms with Crippen molar-refractivity contribution in [1.29, 1.82) is 0 Å². The van der Waals surface area contributed by atoms with Crippen molar-refractivity contribution in [3.05, 3.63) is 47.5 Å². The van der Waals surface area contributed by atoms with Gasteiger partial charge in [0.1, 0.15) is 0 Å². The lowest BCUT2D eigenvalue weighted by Crippen LogP contribution is -2.14. The molecule has 2 aromatic carbocycles. The van der Waals surface area contributed by atoms with Crippen LogP contribution in [0.1, 0.15) is 15.9 Å². The fourth-order valence-corrected chi connectivity index (χ4v) is 1.71. The molecule has 2 rings (SSSR count). The van der Waals surface area contributed by atoms with Crippen LogP contribution in [-0.4, -0.2) is 16.1 Å². The summed E-state index contributed by atoms with van der Waals surface area (Å²) in [7, 11) is 0. The molecule has 0 aliphatic carbocycles. The van der Waals surface area contributed by atoms with E-state index in [0.29, 0.717) is 11.4 Å². The molecule has 5 heteroatoms. The van der Waals surface area contributed by atoms with E-state index in [4.69, 9.17) is 5.73 Å². The number of nitrogen functional groups attached to an aromatic ring is 1. The quantitative estimate of drug-likeness (QED) is 0.490. The summed E-state index contributed by atoms with van der Waals surface area (Å²) >= 11 is 0. The van der Waals surface area contributed by atoms with Crippen LogP contribution in [0.25, 0.3) is 0 Å². The second-order valence-corrected chi connectivity index (χ2v) is 4.20. The predicted molar refractivity (Wildman–Crippen MR) is 73.3 cm³/mol. The van der Waals surface area contributed by atoms with Crippen LogP contribution >= 0.6 is 0 Å². The molecule has 0 aromatic heterocycles. The second-order valence-electron chi connectivity index (χ2n) is 4.20. The summed E-state index contributed by atoms with van der Waals surface area (Å²) in [6, 6.07) is 9.19. The molecule has 5 N–H and O–H groups in total. The highest BCUT2D eigenvalue weighted by Gasteiger charge is 2.11. The standard InChI is InChI=1S/C14H14N2O3/c1-8-3-2-4-10(15)13(8)16-14(19)9-5-6-11(17)12(18)7-9/h2-7,17-18H,15H2,1H3,(H,16,19). The maximum atomic E-state index is 12.0. The van der Waals surface area contributed by atoms with Crippen LogP contribution in [0.3, 0.4) is 0 Å². The van der Waals surface area contributed by atoms with Crippen molar-refractivity contribution in [3.8, 4) is 11.5 Å². The molecule has 0 saturated carbocycles. The number of hydrogen-bond donors (Lipinski definition) is 4. The zero-order valence-corrected chi connectivity index (χ0v) is 10.3. The van der Waals surface area contributed by atoms with Crippen molar-refractivity contribution in [1.82, 2.24) is 0 Å². The molecule has 0 heterocycles. The third kappa shape index (κ3) is 2.60. The zero-order chi connectivity index (χ0) is 14.0. The summed E-state index contributed by atoms with van der Waals surface area (Å²) in [6.07, 6.45) is 0. The van der Waals surface area contributed by atoms with Crippen LogP contribution < -0.4 is 11.1 Å². The number of nitrogens with two attached hydrogens (primary N) is 1. The summed E-state index contributed by atoms with van der Waals surface area (Å²) in [5.74, 6) is -1.02. The lowest BCUT2D eigenvalue weighted by Gasteiger charge is -2.11. The molecule has 0 unspecified atom stereocenters. The average molecular weight is 258 g/mol. The van der Waals surface area contributed by atoms with E-state index in [1.807, 2.05) is 13.0 Å². The van der Waals surface area contributed by atoms with E-state index in [-0.39, 0.29) is 17.1 Å². The minimum absolute atomic E-state index is 0.234. The summed E-state index contributed by atoms with van der Waals surface area (Å²) in [5.41, 5.74) is 7.89. The molecule has 0 saturated heterocycles. The zero-order valence-electron chi connectivity index (χ0n) is 10.3. The molecule has 0 atom stereocenters. The Morgan fingerprint density at radius 1 is 1.16 bits per heavy atom. The Balaban J connectivity index is 2.28. The van der Waals surface area contributed by atoms with E-state index >= 15 is 0 Å². The van der Waals surface area contributed by atoms with Gasteiger partial charge in [-0.25, -0.2) is 0 Å². The van der Waals surface area contributed by atoms with Crippen molar-refractivity contribution < 1.29 is 15.0 Å². The number of phenols is 2. The largest absolute Gasteiger partial charge is 0.504 e. The van der Waals surface area contributed by atoms with E-state index in [2.05, 4.69) is 5.32 Å². The first-order valence-electron chi connectivity index (χ1n) is 5.67. The van der Waals surface area contributed by atoms with E-state index < -0.39 is 5.91 Å². The molecular formula is C14H14N2O3. The molecule has 19 heavy (non-hydrogen) atoms. The first kappa shape index (κ1) is 12.8. The van der Waals surface area contributed by atoms with Crippen LogP contribution in [0.4, 0.5) is 11.4 Å². The van der Waals surface area contributed by atoms with Crippen molar-refractivity contribution in [2.75, 3.05) is 11.1 Å². The highest BCUT2D eigenvalue weighted by atomic mass is 16.3. The number of carbonyl (C=O) groups is 1. The molecule has 98 valence electrons. The summed E-state index contributed by atoms with van der Waals surface area (Å²) in [4.78, 5) is 12.0. The molecule has 0 spiro atoms. The smallest absolute Gasteiger partial charge is 0.255 e. The molecule has 0 aliphatic heterocycles. The van der Waals surface area contributed by atoms with Crippen molar-refractivity contribution in [2.45, 2.75) is 6.92 Å². The van der Waals surface area contributed by atoms with E-state index in [1.54, 1.807) is 12.1 Å². The Hall–Kier alpha value is -2.69. The molecular weight excluding hydrogens is 244 g/mol. The van der Waals surface area contributed by atoms with Gasteiger partial charge in [-0.1, -0.05) is 12.1 Å². The van der Waals surface area contributed by atoms with Gasteiger partial charge in [-0.3, -0.25) is 4.79 Å². The van der Waals surface area contributed by atoms with Gasteiger partial charge in [-0.2, -0.15) is 0 Å². The van der Waals surface area contributed by atoms with Gasteiger partial charge in [0.05, 0.1) is 11.4 Å². The number of nitrogens with one attached hydrogen (secondary N) is 1. The average Bonchev–Trinajstić information content (AvgIpc) is 2.37. The molecule has 2 aromatic rings. The van der Waals surface area contributed by atoms with Gasteiger partial charge in [0.25, 0.3) is 5.91 Å². The van der Waals surface area contributed by atoms with Gasteiger partial charge in [0, 0.05) is 5.56 Å². The minimum Gasteiger partial charge on any atom is -0.504 e.